The fourth-order valence-corrected chi connectivity index (χ4v) is 4.43. The Bertz CT molecular complexity index is 338. The molecule has 2 aliphatic heterocycles. The Morgan fingerprint density at radius 1 is 1.11 bits per heavy atom. The molecular formula is C16H27NO2. The maximum Gasteiger partial charge on any atom is 0.309 e. The first kappa shape index (κ1) is 13.4. The lowest BCUT2D eigenvalue weighted by Crippen LogP contribution is -2.49. The summed E-state index contributed by atoms with van der Waals surface area (Å²) in [6.07, 6.45) is 9.57. The van der Waals surface area contributed by atoms with Crippen LogP contribution in [0.15, 0.2) is 0 Å². The number of carbonyl (C=O) groups is 1. The van der Waals surface area contributed by atoms with E-state index in [1.807, 2.05) is 0 Å². The normalized spacial score (nSPS) is 40.3. The van der Waals surface area contributed by atoms with Crippen LogP contribution in [0, 0.1) is 11.8 Å². The Morgan fingerprint density at radius 2 is 1.84 bits per heavy atom. The van der Waals surface area contributed by atoms with E-state index in [4.69, 9.17) is 4.74 Å². The van der Waals surface area contributed by atoms with Crippen LogP contribution in [0.5, 0.6) is 0 Å². The third kappa shape index (κ3) is 2.54. The van der Waals surface area contributed by atoms with Crippen molar-refractivity contribution in [1.29, 1.82) is 0 Å². The standard InChI is InChI=1S/C16H27NO2/c1-11-14-9-8-13(17(14)2)10-15(11)19-16(18)12-6-4-3-5-7-12/h11-15H,3-10H2,1-2H3/t11?,13-,14?,15+/m1/s1. The monoisotopic (exact) mass is 265 g/mol. The average Bonchev–Trinajstić information content (AvgIpc) is 2.70. The van der Waals surface area contributed by atoms with E-state index in [0.717, 1.165) is 19.3 Å². The summed E-state index contributed by atoms with van der Waals surface area (Å²) < 4.78 is 5.91. The highest BCUT2D eigenvalue weighted by atomic mass is 16.5. The van der Waals surface area contributed by atoms with Gasteiger partial charge in [0.05, 0.1) is 5.92 Å². The van der Waals surface area contributed by atoms with E-state index < -0.39 is 0 Å². The highest BCUT2D eigenvalue weighted by Gasteiger charge is 2.45. The number of nitrogens with zero attached hydrogens (tertiary/aromatic N) is 1. The van der Waals surface area contributed by atoms with Crippen molar-refractivity contribution in [3.8, 4) is 0 Å². The molecule has 1 saturated carbocycles. The van der Waals surface area contributed by atoms with Gasteiger partial charge in [0.15, 0.2) is 0 Å². The van der Waals surface area contributed by atoms with Crippen molar-refractivity contribution in [2.75, 3.05) is 7.05 Å². The Labute approximate surface area is 116 Å². The van der Waals surface area contributed by atoms with E-state index in [-0.39, 0.29) is 18.0 Å². The van der Waals surface area contributed by atoms with Gasteiger partial charge in [-0.25, -0.2) is 0 Å². The average molecular weight is 265 g/mol. The molecule has 3 nitrogen and oxygen atoms in total. The van der Waals surface area contributed by atoms with Gasteiger partial charge in [0.2, 0.25) is 0 Å². The van der Waals surface area contributed by atoms with E-state index in [2.05, 4.69) is 18.9 Å². The molecular weight excluding hydrogens is 238 g/mol. The lowest BCUT2D eigenvalue weighted by molar-refractivity contribution is -0.162. The maximum absolute atomic E-state index is 12.3. The summed E-state index contributed by atoms with van der Waals surface area (Å²) in [6, 6.07) is 1.27. The molecule has 0 amide bonds. The van der Waals surface area contributed by atoms with Gasteiger partial charge in [0, 0.05) is 24.4 Å². The van der Waals surface area contributed by atoms with Gasteiger partial charge in [0.1, 0.15) is 6.10 Å². The summed E-state index contributed by atoms with van der Waals surface area (Å²) in [6.45, 7) is 2.27. The quantitative estimate of drug-likeness (QED) is 0.719. The van der Waals surface area contributed by atoms with Gasteiger partial charge < -0.3 is 4.74 Å². The minimum absolute atomic E-state index is 0.0977. The van der Waals surface area contributed by atoms with E-state index in [1.54, 1.807) is 0 Å². The van der Waals surface area contributed by atoms with Crippen LogP contribution in [0.1, 0.15) is 58.3 Å². The number of hydrogen-bond acceptors (Lipinski definition) is 3. The van der Waals surface area contributed by atoms with Crippen LogP contribution in [0.25, 0.3) is 0 Å². The number of esters is 1. The molecule has 0 N–H and O–H groups in total. The molecule has 0 aromatic rings. The fraction of sp³-hybridized carbons (Fsp3) is 0.938. The second-order valence-corrected chi connectivity index (χ2v) is 6.87. The number of piperidine rings is 1. The van der Waals surface area contributed by atoms with Gasteiger partial charge in [-0.2, -0.15) is 0 Å². The van der Waals surface area contributed by atoms with Crippen molar-refractivity contribution in [2.24, 2.45) is 11.8 Å². The van der Waals surface area contributed by atoms with Gasteiger partial charge >= 0.3 is 5.97 Å². The zero-order valence-corrected chi connectivity index (χ0v) is 12.3. The molecule has 108 valence electrons. The van der Waals surface area contributed by atoms with Crippen molar-refractivity contribution in [2.45, 2.75) is 76.5 Å². The smallest absolute Gasteiger partial charge is 0.309 e. The minimum Gasteiger partial charge on any atom is -0.462 e. The largest absolute Gasteiger partial charge is 0.462 e. The first-order valence-electron chi connectivity index (χ1n) is 8.09. The molecule has 0 spiro atoms. The van der Waals surface area contributed by atoms with E-state index in [9.17, 15) is 4.79 Å². The molecule has 0 aromatic carbocycles. The lowest BCUT2D eigenvalue weighted by atomic mass is 9.87. The molecule has 3 heteroatoms. The highest BCUT2D eigenvalue weighted by molar-refractivity contribution is 5.72. The molecule has 1 aliphatic carbocycles. The summed E-state index contributed by atoms with van der Waals surface area (Å²) >= 11 is 0. The van der Waals surface area contributed by atoms with Crippen molar-refractivity contribution < 1.29 is 9.53 Å². The van der Waals surface area contributed by atoms with Crippen LogP contribution in [0.3, 0.4) is 0 Å². The van der Waals surface area contributed by atoms with Crippen LogP contribution < -0.4 is 0 Å². The summed E-state index contributed by atoms with van der Waals surface area (Å²) in [7, 11) is 2.23. The second kappa shape index (κ2) is 5.43. The van der Waals surface area contributed by atoms with Gasteiger partial charge in [-0.05, 0) is 32.7 Å². The zero-order valence-electron chi connectivity index (χ0n) is 12.3. The molecule has 2 saturated heterocycles. The first-order valence-corrected chi connectivity index (χ1v) is 8.09. The fourth-order valence-electron chi connectivity index (χ4n) is 4.43. The van der Waals surface area contributed by atoms with E-state index >= 15 is 0 Å². The first-order chi connectivity index (χ1) is 9.16. The van der Waals surface area contributed by atoms with Crippen molar-refractivity contribution in [1.82, 2.24) is 4.90 Å². The molecule has 2 unspecified atom stereocenters. The van der Waals surface area contributed by atoms with Crippen LogP contribution in [-0.2, 0) is 9.53 Å². The van der Waals surface area contributed by atoms with Crippen molar-refractivity contribution in [3.63, 3.8) is 0 Å². The van der Waals surface area contributed by atoms with E-state index in [0.29, 0.717) is 18.0 Å². The van der Waals surface area contributed by atoms with Gasteiger partial charge in [-0.1, -0.05) is 26.2 Å². The van der Waals surface area contributed by atoms with Crippen LogP contribution in [-0.4, -0.2) is 36.1 Å². The van der Waals surface area contributed by atoms with Gasteiger partial charge in [-0.3, -0.25) is 9.69 Å². The molecule has 3 rings (SSSR count). The highest BCUT2D eigenvalue weighted by Crippen LogP contribution is 2.39. The van der Waals surface area contributed by atoms with Crippen molar-refractivity contribution in [3.05, 3.63) is 0 Å². The molecule has 19 heavy (non-hydrogen) atoms. The minimum atomic E-state index is 0.0977. The predicted molar refractivity (Wildman–Crippen MR) is 74.8 cm³/mol. The molecule has 3 aliphatic rings. The van der Waals surface area contributed by atoms with Crippen LogP contribution in [0.2, 0.25) is 0 Å². The molecule has 2 bridgehead atoms. The number of hydrogen-bond donors (Lipinski definition) is 0. The maximum atomic E-state index is 12.3. The third-order valence-electron chi connectivity index (χ3n) is 5.80. The van der Waals surface area contributed by atoms with Gasteiger partial charge in [0.25, 0.3) is 0 Å². The molecule has 3 fully saturated rings. The van der Waals surface area contributed by atoms with Crippen LogP contribution >= 0.6 is 0 Å². The number of carbonyl (C=O) groups excluding carboxylic acids is 1. The van der Waals surface area contributed by atoms with Crippen LogP contribution in [0.4, 0.5) is 0 Å². The lowest BCUT2D eigenvalue weighted by Gasteiger charge is -2.41. The topological polar surface area (TPSA) is 29.5 Å². The Morgan fingerprint density at radius 3 is 2.58 bits per heavy atom. The molecule has 2 heterocycles. The summed E-state index contributed by atoms with van der Waals surface area (Å²) in [5.74, 6) is 0.787. The predicted octanol–water partition coefficient (Wildman–Crippen LogP) is 2.98. The van der Waals surface area contributed by atoms with Gasteiger partial charge in [-0.15, -0.1) is 0 Å². The van der Waals surface area contributed by atoms with Crippen molar-refractivity contribution >= 4 is 5.97 Å². The Hall–Kier alpha value is -0.570. The third-order valence-corrected chi connectivity index (χ3v) is 5.80. The number of ether oxygens (including phenoxy) is 1. The number of fused-ring (bicyclic) bond motifs is 2. The Balaban J connectivity index is 1.59. The van der Waals surface area contributed by atoms with E-state index in [1.165, 1.54) is 32.1 Å². The zero-order chi connectivity index (χ0) is 13.4. The summed E-state index contributed by atoms with van der Waals surface area (Å²) in [4.78, 5) is 14.8. The summed E-state index contributed by atoms with van der Waals surface area (Å²) in [5, 5.41) is 0. The number of rotatable bonds is 2. The molecule has 0 aromatic heterocycles. The SMILES string of the molecule is CC1C2CC[C@H](C[C@@H]1OC(=O)C1CCCCC1)N2C. The molecule has 0 radical (unpaired) electrons. The molecule has 4 atom stereocenters. The second-order valence-electron chi connectivity index (χ2n) is 6.87. The summed E-state index contributed by atoms with van der Waals surface area (Å²) in [5.41, 5.74) is 0. The Kier molecular flexibility index (Phi) is 3.84.